The van der Waals surface area contributed by atoms with E-state index in [0.29, 0.717) is 24.9 Å². The van der Waals surface area contributed by atoms with Gasteiger partial charge in [0.1, 0.15) is 17.3 Å². The molecule has 0 spiro atoms. The predicted octanol–water partition coefficient (Wildman–Crippen LogP) is 4.74. The molecule has 0 amide bonds. The Kier molecular flexibility index (Phi) is 6.70. The number of nitrogens with zero attached hydrogens (tertiary/aromatic N) is 1. The molecule has 0 aliphatic heterocycles. The van der Waals surface area contributed by atoms with Gasteiger partial charge in [0, 0.05) is 5.56 Å². The van der Waals surface area contributed by atoms with E-state index in [1.54, 1.807) is 26.0 Å². The smallest absolute Gasteiger partial charge is 0.335 e. The lowest BCUT2D eigenvalue weighted by atomic mass is 9.87. The van der Waals surface area contributed by atoms with Crippen molar-refractivity contribution in [1.29, 1.82) is 0 Å². The Balaban J connectivity index is 1.53. The third-order valence-electron chi connectivity index (χ3n) is 5.37. The third-order valence-corrected chi connectivity index (χ3v) is 5.37. The van der Waals surface area contributed by atoms with E-state index < -0.39 is 11.6 Å². The summed E-state index contributed by atoms with van der Waals surface area (Å²) in [7, 11) is 0. The zero-order valence-electron chi connectivity index (χ0n) is 17.1. The molecule has 158 valence electrons. The number of aliphatic carboxylic acids is 1. The van der Waals surface area contributed by atoms with Crippen molar-refractivity contribution < 1.29 is 28.2 Å². The molecule has 0 saturated heterocycles. The molecule has 7 heteroatoms. The van der Waals surface area contributed by atoms with Crippen molar-refractivity contribution in [3.8, 4) is 11.5 Å². The number of carboxylic acids is 1. The van der Waals surface area contributed by atoms with Crippen LogP contribution in [0.15, 0.2) is 28.7 Å². The van der Waals surface area contributed by atoms with Crippen LogP contribution < -0.4 is 0 Å². The van der Waals surface area contributed by atoms with Crippen LogP contribution >= 0.6 is 0 Å². The van der Waals surface area contributed by atoms with Crippen molar-refractivity contribution in [1.82, 2.24) is 4.98 Å². The van der Waals surface area contributed by atoms with Crippen molar-refractivity contribution in [3.05, 3.63) is 41.5 Å². The van der Waals surface area contributed by atoms with Crippen LogP contribution in [0.25, 0.3) is 11.5 Å². The summed E-state index contributed by atoms with van der Waals surface area (Å²) in [6.45, 7) is 5.73. The normalized spacial score (nSPS) is 20.0. The zero-order valence-corrected chi connectivity index (χ0v) is 17.1. The Morgan fingerprint density at radius 2 is 2.03 bits per heavy atom. The number of carboxylic acid groups (broad SMARTS) is 1. The van der Waals surface area contributed by atoms with Gasteiger partial charge in [0.15, 0.2) is 5.60 Å². The van der Waals surface area contributed by atoms with E-state index in [1.165, 1.54) is 12.1 Å². The van der Waals surface area contributed by atoms with Gasteiger partial charge in [-0.05, 0) is 70.2 Å². The van der Waals surface area contributed by atoms with Gasteiger partial charge in [-0.25, -0.2) is 14.2 Å². The van der Waals surface area contributed by atoms with Crippen LogP contribution in [-0.4, -0.2) is 34.4 Å². The second-order valence-electron chi connectivity index (χ2n) is 8.12. The molecule has 0 unspecified atom stereocenters. The average molecular weight is 405 g/mol. The zero-order chi connectivity index (χ0) is 21.0. The number of ether oxygens (including phenoxy) is 2. The van der Waals surface area contributed by atoms with Gasteiger partial charge in [0.05, 0.1) is 19.3 Å². The van der Waals surface area contributed by atoms with Crippen LogP contribution in [-0.2, 0) is 20.9 Å². The third kappa shape index (κ3) is 5.64. The van der Waals surface area contributed by atoms with Crippen LogP contribution in [0.4, 0.5) is 4.39 Å². The Hall–Kier alpha value is -2.25. The molecule has 1 aliphatic rings. The van der Waals surface area contributed by atoms with Gasteiger partial charge in [-0.1, -0.05) is 6.42 Å². The summed E-state index contributed by atoms with van der Waals surface area (Å²) in [6, 6.07) is 6.02. The highest BCUT2D eigenvalue weighted by Crippen LogP contribution is 2.29. The number of halogens is 1. The Morgan fingerprint density at radius 3 is 2.72 bits per heavy atom. The number of hydrogen-bond acceptors (Lipinski definition) is 5. The van der Waals surface area contributed by atoms with E-state index in [2.05, 4.69) is 4.98 Å². The summed E-state index contributed by atoms with van der Waals surface area (Å²) in [5, 5.41) is 9.17. The van der Waals surface area contributed by atoms with Crippen molar-refractivity contribution in [3.63, 3.8) is 0 Å². The first-order valence-corrected chi connectivity index (χ1v) is 9.96. The highest BCUT2D eigenvalue weighted by molar-refractivity contribution is 5.76. The molecule has 1 heterocycles. The van der Waals surface area contributed by atoms with Crippen molar-refractivity contribution in [2.75, 3.05) is 6.61 Å². The quantitative estimate of drug-likeness (QED) is 0.683. The molecule has 1 aliphatic carbocycles. The fourth-order valence-electron chi connectivity index (χ4n) is 3.41. The van der Waals surface area contributed by atoms with Crippen LogP contribution in [0, 0.1) is 18.7 Å². The summed E-state index contributed by atoms with van der Waals surface area (Å²) >= 11 is 0. The van der Waals surface area contributed by atoms with Gasteiger partial charge >= 0.3 is 5.97 Å². The number of carbonyl (C=O) groups is 1. The molecule has 1 saturated carbocycles. The fourth-order valence-corrected chi connectivity index (χ4v) is 3.41. The maximum Gasteiger partial charge on any atom is 0.335 e. The highest BCUT2D eigenvalue weighted by Gasteiger charge is 2.31. The van der Waals surface area contributed by atoms with Crippen molar-refractivity contribution >= 4 is 5.97 Å². The highest BCUT2D eigenvalue weighted by atomic mass is 19.1. The second kappa shape index (κ2) is 9.05. The molecular formula is C22H28FNO5. The van der Waals surface area contributed by atoms with E-state index in [4.69, 9.17) is 13.9 Å². The number of benzene rings is 1. The van der Waals surface area contributed by atoms with Gasteiger partial charge in [-0.3, -0.25) is 0 Å². The summed E-state index contributed by atoms with van der Waals surface area (Å²) in [4.78, 5) is 15.7. The lowest BCUT2D eigenvalue weighted by Crippen LogP contribution is -2.37. The number of rotatable bonds is 8. The standard InChI is InChI=1S/C22H28FNO5/c1-14-19(24-20(29-14)16-7-9-17(23)10-8-16)13-27-18-6-4-5-15(11-18)12-28-22(2,3)21(25)26/h7-10,15,18H,4-6,11-13H2,1-3H3,(H,25,26)/t15-,18+/m0/s1. The van der Waals surface area contributed by atoms with E-state index in [0.717, 1.165) is 36.9 Å². The molecular weight excluding hydrogens is 377 g/mol. The van der Waals surface area contributed by atoms with Crippen molar-refractivity contribution in [2.24, 2.45) is 5.92 Å². The first-order valence-electron chi connectivity index (χ1n) is 9.96. The first-order chi connectivity index (χ1) is 13.7. The Morgan fingerprint density at radius 1 is 1.31 bits per heavy atom. The molecule has 2 aromatic rings. The fraction of sp³-hybridized carbons (Fsp3) is 0.545. The Bertz CT molecular complexity index is 830. The number of aryl methyl sites for hydroxylation is 1. The molecule has 29 heavy (non-hydrogen) atoms. The van der Waals surface area contributed by atoms with Crippen LogP contribution in [0.1, 0.15) is 51.0 Å². The van der Waals surface area contributed by atoms with Crippen LogP contribution in [0.2, 0.25) is 0 Å². The number of oxazole rings is 1. The van der Waals surface area contributed by atoms with Gasteiger partial charge in [-0.2, -0.15) is 0 Å². The van der Waals surface area contributed by atoms with E-state index in [9.17, 15) is 14.3 Å². The van der Waals surface area contributed by atoms with E-state index in [-0.39, 0.29) is 17.8 Å². The minimum absolute atomic E-state index is 0.0793. The van der Waals surface area contributed by atoms with Gasteiger partial charge < -0.3 is 19.0 Å². The number of aromatic nitrogens is 1. The van der Waals surface area contributed by atoms with Crippen LogP contribution in [0.5, 0.6) is 0 Å². The molecule has 3 rings (SSSR count). The SMILES string of the molecule is Cc1oc(-c2ccc(F)cc2)nc1CO[C@@H]1CCC[C@H](COC(C)(C)C(=O)O)C1. The lowest BCUT2D eigenvalue weighted by Gasteiger charge is -2.31. The molecule has 1 aromatic carbocycles. The van der Waals surface area contributed by atoms with Crippen LogP contribution in [0.3, 0.4) is 0 Å². The lowest BCUT2D eigenvalue weighted by molar-refractivity contribution is -0.163. The summed E-state index contributed by atoms with van der Waals surface area (Å²) in [6.07, 6.45) is 3.89. The van der Waals surface area contributed by atoms with Gasteiger partial charge in [0.2, 0.25) is 5.89 Å². The second-order valence-corrected chi connectivity index (χ2v) is 8.12. The van der Waals surface area contributed by atoms with E-state index in [1.807, 2.05) is 6.92 Å². The summed E-state index contributed by atoms with van der Waals surface area (Å²) < 4.78 is 30.5. The molecule has 6 nitrogen and oxygen atoms in total. The first kappa shape index (κ1) is 21.5. The number of hydrogen-bond donors (Lipinski definition) is 1. The molecule has 0 bridgehead atoms. The van der Waals surface area contributed by atoms with Gasteiger partial charge in [-0.15, -0.1) is 0 Å². The monoisotopic (exact) mass is 405 g/mol. The largest absolute Gasteiger partial charge is 0.479 e. The molecule has 1 fully saturated rings. The predicted molar refractivity (Wildman–Crippen MR) is 105 cm³/mol. The minimum atomic E-state index is -1.18. The van der Waals surface area contributed by atoms with E-state index >= 15 is 0 Å². The average Bonchev–Trinajstić information content (AvgIpc) is 3.06. The summed E-state index contributed by atoms with van der Waals surface area (Å²) in [5.74, 6) is 0.151. The Labute approximate surface area is 170 Å². The van der Waals surface area contributed by atoms with Gasteiger partial charge in [0.25, 0.3) is 0 Å². The molecule has 2 atom stereocenters. The maximum atomic E-state index is 13.1. The summed E-state index contributed by atoms with van der Waals surface area (Å²) in [5.41, 5.74) is 0.272. The molecule has 1 N–H and O–H groups in total. The maximum absolute atomic E-state index is 13.1. The molecule has 1 aromatic heterocycles. The van der Waals surface area contributed by atoms with Crippen molar-refractivity contribution in [2.45, 2.75) is 64.8 Å². The molecule has 0 radical (unpaired) electrons. The topological polar surface area (TPSA) is 81.8 Å². The minimum Gasteiger partial charge on any atom is -0.479 e.